The maximum atomic E-state index is 5.20. The van der Waals surface area contributed by atoms with E-state index in [9.17, 15) is 0 Å². The summed E-state index contributed by atoms with van der Waals surface area (Å²) in [6.07, 6.45) is 3.54. The second-order valence-corrected chi connectivity index (χ2v) is 4.55. The van der Waals surface area contributed by atoms with Crippen molar-refractivity contribution in [3.8, 4) is 22.6 Å². The number of benzene rings is 2. The highest BCUT2D eigenvalue weighted by Crippen LogP contribution is 2.29. The third-order valence-corrected chi connectivity index (χ3v) is 3.29. The minimum absolute atomic E-state index is 0.851. The van der Waals surface area contributed by atoms with E-state index >= 15 is 0 Å². The van der Waals surface area contributed by atoms with Crippen molar-refractivity contribution in [2.24, 2.45) is 0 Å². The Hall–Kier alpha value is -2.62. The molecule has 20 heavy (non-hydrogen) atoms. The Kier molecular flexibility index (Phi) is 3.21. The SMILES string of the molecule is COc1ccc(-c2cccc(C)c2-n2ccnn2)cc1. The van der Waals surface area contributed by atoms with Gasteiger partial charge in [0, 0.05) is 5.56 Å². The molecular formula is C16H15N3O. The second kappa shape index (κ2) is 5.17. The van der Waals surface area contributed by atoms with Crippen LogP contribution in [-0.4, -0.2) is 22.1 Å². The Bertz CT molecular complexity index is 703. The Balaban J connectivity index is 2.16. The zero-order valence-electron chi connectivity index (χ0n) is 11.4. The third kappa shape index (κ3) is 2.16. The molecule has 1 aromatic heterocycles. The average Bonchev–Trinajstić information content (AvgIpc) is 3.01. The first-order valence-electron chi connectivity index (χ1n) is 6.40. The van der Waals surface area contributed by atoms with E-state index < -0.39 is 0 Å². The van der Waals surface area contributed by atoms with Crippen molar-refractivity contribution in [3.05, 3.63) is 60.4 Å². The number of rotatable bonds is 3. The molecule has 0 bridgehead atoms. The van der Waals surface area contributed by atoms with Gasteiger partial charge in [-0.2, -0.15) is 0 Å². The van der Waals surface area contributed by atoms with E-state index in [1.54, 1.807) is 18.0 Å². The number of aryl methyl sites for hydroxylation is 1. The van der Waals surface area contributed by atoms with Crippen molar-refractivity contribution >= 4 is 0 Å². The summed E-state index contributed by atoms with van der Waals surface area (Å²) >= 11 is 0. The van der Waals surface area contributed by atoms with E-state index in [0.717, 1.165) is 28.1 Å². The molecular weight excluding hydrogens is 250 g/mol. The van der Waals surface area contributed by atoms with Crippen molar-refractivity contribution in [2.45, 2.75) is 6.92 Å². The molecule has 2 aromatic carbocycles. The molecule has 0 aliphatic carbocycles. The van der Waals surface area contributed by atoms with Crippen molar-refractivity contribution in [1.29, 1.82) is 0 Å². The molecule has 0 radical (unpaired) electrons. The van der Waals surface area contributed by atoms with Crippen LogP contribution in [0, 0.1) is 6.92 Å². The van der Waals surface area contributed by atoms with Crippen LogP contribution in [0.5, 0.6) is 5.75 Å². The summed E-state index contributed by atoms with van der Waals surface area (Å²) in [5, 5.41) is 8.00. The molecule has 0 atom stereocenters. The van der Waals surface area contributed by atoms with Gasteiger partial charge in [0.05, 0.1) is 25.2 Å². The fourth-order valence-corrected chi connectivity index (χ4v) is 2.29. The fourth-order valence-electron chi connectivity index (χ4n) is 2.29. The first-order valence-corrected chi connectivity index (χ1v) is 6.40. The van der Waals surface area contributed by atoms with Crippen LogP contribution >= 0.6 is 0 Å². The summed E-state index contributed by atoms with van der Waals surface area (Å²) < 4.78 is 7.00. The molecule has 1 heterocycles. The van der Waals surface area contributed by atoms with Crippen molar-refractivity contribution in [2.75, 3.05) is 7.11 Å². The molecule has 4 heteroatoms. The number of para-hydroxylation sites is 1. The van der Waals surface area contributed by atoms with E-state index in [1.165, 1.54) is 0 Å². The van der Waals surface area contributed by atoms with Gasteiger partial charge in [-0.25, -0.2) is 4.68 Å². The lowest BCUT2D eigenvalue weighted by Gasteiger charge is -2.12. The highest BCUT2D eigenvalue weighted by Gasteiger charge is 2.10. The number of aromatic nitrogens is 3. The van der Waals surface area contributed by atoms with Gasteiger partial charge in [0.2, 0.25) is 0 Å². The monoisotopic (exact) mass is 265 g/mol. The Morgan fingerprint density at radius 3 is 2.50 bits per heavy atom. The van der Waals surface area contributed by atoms with Crippen LogP contribution in [0.1, 0.15) is 5.56 Å². The number of hydrogen-bond donors (Lipinski definition) is 0. The van der Waals surface area contributed by atoms with Gasteiger partial charge >= 0.3 is 0 Å². The highest BCUT2D eigenvalue weighted by molar-refractivity contribution is 5.75. The van der Waals surface area contributed by atoms with E-state index in [-0.39, 0.29) is 0 Å². The standard InChI is InChI=1S/C16H15N3O/c1-12-4-3-5-15(16(12)19-11-10-17-18-19)13-6-8-14(20-2)9-7-13/h3-11H,1-2H3. The van der Waals surface area contributed by atoms with Crippen LogP contribution in [-0.2, 0) is 0 Å². The maximum Gasteiger partial charge on any atom is 0.118 e. The van der Waals surface area contributed by atoms with Gasteiger partial charge in [-0.1, -0.05) is 35.5 Å². The molecule has 3 aromatic rings. The molecule has 0 amide bonds. The summed E-state index contributed by atoms with van der Waals surface area (Å²) in [4.78, 5) is 0. The van der Waals surface area contributed by atoms with Crippen LogP contribution in [0.4, 0.5) is 0 Å². The molecule has 0 spiro atoms. The lowest BCUT2D eigenvalue weighted by atomic mass is 10.0. The number of nitrogens with zero attached hydrogens (tertiary/aromatic N) is 3. The quantitative estimate of drug-likeness (QED) is 0.729. The van der Waals surface area contributed by atoms with Crippen molar-refractivity contribution in [3.63, 3.8) is 0 Å². The maximum absolute atomic E-state index is 5.20. The largest absolute Gasteiger partial charge is 0.497 e. The zero-order chi connectivity index (χ0) is 13.9. The first-order chi connectivity index (χ1) is 9.79. The minimum Gasteiger partial charge on any atom is -0.497 e. The summed E-state index contributed by atoms with van der Waals surface area (Å²) in [5.41, 5.74) is 4.46. The first kappa shape index (κ1) is 12.4. The highest BCUT2D eigenvalue weighted by atomic mass is 16.5. The zero-order valence-corrected chi connectivity index (χ0v) is 11.4. The molecule has 0 saturated heterocycles. The van der Waals surface area contributed by atoms with Crippen LogP contribution in [0.15, 0.2) is 54.9 Å². The lowest BCUT2D eigenvalue weighted by Crippen LogP contribution is -2.01. The van der Waals surface area contributed by atoms with E-state index in [1.807, 2.05) is 30.5 Å². The molecule has 3 rings (SSSR count). The summed E-state index contributed by atoms with van der Waals surface area (Å²) in [7, 11) is 1.67. The summed E-state index contributed by atoms with van der Waals surface area (Å²) in [6.45, 7) is 2.07. The van der Waals surface area contributed by atoms with E-state index in [2.05, 4.69) is 35.4 Å². The average molecular weight is 265 g/mol. The second-order valence-electron chi connectivity index (χ2n) is 4.55. The Morgan fingerprint density at radius 2 is 1.85 bits per heavy atom. The predicted octanol–water partition coefficient (Wildman–Crippen LogP) is 3.25. The van der Waals surface area contributed by atoms with Crippen LogP contribution in [0.3, 0.4) is 0 Å². The smallest absolute Gasteiger partial charge is 0.118 e. The molecule has 0 unspecified atom stereocenters. The molecule has 4 nitrogen and oxygen atoms in total. The summed E-state index contributed by atoms with van der Waals surface area (Å²) in [5.74, 6) is 0.851. The topological polar surface area (TPSA) is 39.9 Å². The number of methoxy groups -OCH3 is 1. The van der Waals surface area contributed by atoms with Crippen molar-refractivity contribution < 1.29 is 4.74 Å². The molecule has 0 aliphatic rings. The third-order valence-electron chi connectivity index (χ3n) is 3.29. The number of hydrogen-bond acceptors (Lipinski definition) is 3. The predicted molar refractivity (Wildman–Crippen MR) is 78.1 cm³/mol. The Morgan fingerprint density at radius 1 is 1.05 bits per heavy atom. The van der Waals surface area contributed by atoms with Gasteiger partial charge in [-0.3, -0.25) is 0 Å². The molecule has 0 N–H and O–H groups in total. The molecule has 0 fully saturated rings. The van der Waals surface area contributed by atoms with Crippen LogP contribution in [0.2, 0.25) is 0 Å². The Labute approximate surface area is 117 Å². The van der Waals surface area contributed by atoms with Crippen molar-refractivity contribution in [1.82, 2.24) is 15.0 Å². The molecule has 0 saturated carbocycles. The van der Waals surface area contributed by atoms with Gasteiger partial charge in [0.1, 0.15) is 5.75 Å². The van der Waals surface area contributed by atoms with Crippen LogP contribution in [0.25, 0.3) is 16.8 Å². The number of ether oxygens (including phenoxy) is 1. The molecule has 0 aliphatic heterocycles. The molecule has 100 valence electrons. The summed E-state index contributed by atoms with van der Waals surface area (Å²) in [6, 6.07) is 14.2. The van der Waals surface area contributed by atoms with Crippen LogP contribution < -0.4 is 4.74 Å². The van der Waals surface area contributed by atoms with Gasteiger partial charge in [-0.15, -0.1) is 5.10 Å². The van der Waals surface area contributed by atoms with Gasteiger partial charge < -0.3 is 4.74 Å². The van der Waals surface area contributed by atoms with E-state index in [4.69, 9.17) is 4.74 Å². The fraction of sp³-hybridized carbons (Fsp3) is 0.125. The van der Waals surface area contributed by atoms with Gasteiger partial charge in [-0.05, 0) is 30.2 Å². The lowest BCUT2D eigenvalue weighted by molar-refractivity contribution is 0.415. The minimum atomic E-state index is 0.851. The van der Waals surface area contributed by atoms with Gasteiger partial charge in [0.25, 0.3) is 0 Å². The normalized spacial score (nSPS) is 10.5. The van der Waals surface area contributed by atoms with Gasteiger partial charge in [0.15, 0.2) is 0 Å². The van der Waals surface area contributed by atoms with E-state index in [0.29, 0.717) is 0 Å².